The minimum Gasteiger partial charge on any atom is -0.496 e. The molecule has 0 aliphatic carbocycles. The van der Waals surface area contributed by atoms with E-state index >= 15 is 0 Å². The second-order valence-electron chi connectivity index (χ2n) is 6.13. The van der Waals surface area contributed by atoms with Gasteiger partial charge in [-0.3, -0.25) is 5.41 Å². The van der Waals surface area contributed by atoms with Crippen molar-refractivity contribution in [3.05, 3.63) is 71.8 Å². The van der Waals surface area contributed by atoms with E-state index in [9.17, 15) is 5.26 Å². The zero-order valence-corrected chi connectivity index (χ0v) is 15.6. The molecule has 4 rings (SSSR count). The molecule has 2 atom stereocenters. The molecule has 0 saturated heterocycles. The van der Waals surface area contributed by atoms with Gasteiger partial charge in [-0.05, 0) is 22.9 Å². The van der Waals surface area contributed by atoms with Crippen LogP contribution in [0, 0.1) is 16.7 Å². The maximum absolute atomic E-state index is 9.96. The lowest BCUT2D eigenvalue weighted by Crippen LogP contribution is -2.44. The summed E-state index contributed by atoms with van der Waals surface area (Å²) < 4.78 is 9.98. The van der Waals surface area contributed by atoms with Gasteiger partial charge in [-0.15, -0.1) is 0 Å². The van der Waals surface area contributed by atoms with Crippen molar-refractivity contribution in [3.8, 4) is 17.6 Å². The standard InChI is InChI=1S/C21H15BrN2O2/c1-25-16-9-5-4-8-15(16)19-18-14-7-3-2-6-13(14)10-11-17(18)26-20(24)21(19,22)12-23/h2-11,19,24H,1H3. The van der Waals surface area contributed by atoms with Crippen LogP contribution in [0.5, 0.6) is 11.5 Å². The summed E-state index contributed by atoms with van der Waals surface area (Å²) in [5.41, 5.74) is 1.71. The molecule has 0 radical (unpaired) electrons. The van der Waals surface area contributed by atoms with Crippen LogP contribution >= 0.6 is 15.9 Å². The number of halogens is 1. The van der Waals surface area contributed by atoms with Gasteiger partial charge in [0.25, 0.3) is 0 Å². The molecule has 26 heavy (non-hydrogen) atoms. The third-order valence-electron chi connectivity index (χ3n) is 4.77. The molecule has 0 amide bonds. The van der Waals surface area contributed by atoms with Gasteiger partial charge in [0.05, 0.1) is 19.1 Å². The predicted octanol–water partition coefficient (Wildman–Crippen LogP) is 5.01. The van der Waals surface area contributed by atoms with E-state index < -0.39 is 10.2 Å². The highest BCUT2D eigenvalue weighted by molar-refractivity contribution is 9.10. The van der Waals surface area contributed by atoms with Crippen molar-refractivity contribution in [1.29, 1.82) is 10.7 Å². The molecule has 0 saturated carbocycles. The SMILES string of the molecule is COc1ccccc1C1c2c(ccc3ccccc23)OC(=N)C1(Br)C#N. The van der Waals surface area contributed by atoms with Crippen molar-refractivity contribution in [2.75, 3.05) is 7.11 Å². The number of alkyl halides is 1. The van der Waals surface area contributed by atoms with Crippen LogP contribution in [0.25, 0.3) is 10.8 Å². The number of hydrogen-bond acceptors (Lipinski definition) is 4. The minimum absolute atomic E-state index is 0.126. The molecule has 1 aliphatic rings. The Morgan fingerprint density at radius 3 is 2.62 bits per heavy atom. The average Bonchev–Trinajstić information content (AvgIpc) is 2.69. The lowest BCUT2D eigenvalue weighted by Gasteiger charge is -2.37. The molecule has 1 aliphatic heterocycles. The molecule has 128 valence electrons. The molecule has 4 nitrogen and oxygen atoms in total. The maximum atomic E-state index is 9.96. The van der Waals surface area contributed by atoms with Gasteiger partial charge in [0.2, 0.25) is 5.90 Å². The van der Waals surface area contributed by atoms with Crippen molar-refractivity contribution in [3.63, 3.8) is 0 Å². The Hall–Kier alpha value is -2.84. The van der Waals surface area contributed by atoms with Crippen LogP contribution in [-0.2, 0) is 0 Å². The van der Waals surface area contributed by atoms with E-state index in [4.69, 9.17) is 14.9 Å². The summed E-state index contributed by atoms with van der Waals surface area (Å²) >= 11 is 3.52. The number of hydrogen-bond donors (Lipinski definition) is 1. The van der Waals surface area contributed by atoms with E-state index in [1.807, 2.05) is 60.7 Å². The van der Waals surface area contributed by atoms with E-state index in [1.54, 1.807) is 7.11 Å². The van der Waals surface area contributed by atoms with Crippen LogP contribution in [-0.4, -0.2) is 17.3 Å². The van der Waals surface area contributed by atoms with Crippen LogP contribution in [0.1, 0.15) is 17.0 Å². The summed E-state index contributed by atoms with van der Waals surface area (Å²) in [6.07, 6.45) is 0. The van der Waals surface area contributed by atoms with Crippen molar-refractivity contribution >= 4 is 32.6 Å². The number of para-hydroxylation sites is 1. The number of methoxy groups -OCH3 is 1. The van der Waals surface area contributed by atoms with Crippen LogP contribution in [0.15, 0.2) is 60.7 Å². The largest absolute Gasteiger partial charge is 0.496 e. The van der Waals surface area contributed by atoms with Crippen molar-refractivity contribution < 1.29 is 9.47 Å². The fourth-order valence-corrected chi connectivity index (χ4v) is 4.12. The Kier molecular flexibility index (Phi) is 3.93. The topological polar surface area (TPSA) is 66.1 Å². The highest BCUT2D eigenvalue weighted by Gasteiger charge is 2.50. The molecular formula is C21H15BrN2O2. The monoisotopic (exact) mass is 406 g/mol. The van der Waals surface area contributed by atoms with E-state index in [1.165, 1.54) is 0 Å². The number of nitrogens with zero attached hydrogens (tertiary/aromatic N) is 1. The third kappa shape index (κ3) is 2.30. The van der Waals surface area contributed by atoms with Crippen LogP contribution in [0.2, 0.25) is 0 Å². The molecule has 1 N–H and O–H groups in total. The minimum atomic E-state index is -1.32. The molecular weight excluding hydrogens is 392 g/mol. The summed E-state index contributed by atoms with van der Waals surface area (Å²) in [7, 11) is 1.61. The van der Waals surface area contributed by atoms with Gasteiger partial charge < -0.3 is 9.47 Å². The fourth-order valence-electron chi connectivity index (χ4n) is 3.57. The molecule has 0 bridgehead atoms. The van der Waals surface area contributed by atoms with Crippen molar-refractivity contribution in [2.45, 2.75) is 10.2 Å². The number of fused-ring (bicyclic) bond motifs is 3. The first-order valence-electron chi connectivity index (χ1n) is 8.11. The van der Waals surface area contributed by atoms with Crippen LogP contribution < -0.4 is 9.47 Å². The van der Waals surface area contributed by atoms with Gasteiger partial charge in [0, 0.05) is 11.1 Å². The van der Waals surface area contributed by atoms with Crippen molar-refractivity contribution in [2.24, 2.45) is 0 Å². The molecule has 5 heteroatoms. The fraction of sp³-hybridized carbons (Fsp3) is 0.143. The first kappa shape index (κ1) is 16.6. The van der Waals surface area contributed by atoms with Gasteiger partial charge in [-0.2, -0.15) is 5.26 Å². The number of nitriles is 1. The Morgan fingerprint density at radius 2 is 1.85 bits per heavy atom. The highest BCUT2D eigenvalue weighted by atomic mass is 79.9. The molecule has 1 heterocycles. The van der Waals surface area contributed by atoms with Gasteiger partial charge in [0.1, 0.15) is 11.5 Å². The molecule has 3 aromatic rings. The lowest BCUT2D eigenvalue weighted by molar-refractivity contribution is 0.402. The Labute approximate surface area is 159 Å². The maximum Gasteiger partial charge on any atom is 0.219 e. The summed E-state index contributed by atoms with van der Waals surface area (Å²) in [4.78, 5) is 0. The summed E-state index contributed by atoms with van der Waals surface area (Å²) in [5.74, 6) is 0.685. The Morgan fingerprint density at radius 1 is 1.12 bits per heavy atom. The summed E-state index contributed by atoms with van der Waals surface area (Å²) in [5, 5.41) is 20.4. The van der Waals surface area contributed by atoms with E-state index in [-0.39, 0.29) is 5.90 Å². The average molecular weight is 407 g/mol. The number of benzene rings is 3. The third-order valence-corrected chi connectivity index (χ3v) is 5.77. The van der Waals surface area contributed by atoms with Crippen molar-refractivity contribution in [1.82, 2.24) is 0 Å². The molecule has 0 spiro atoms. The quantitative estimate of drug-likeness (QED) is 0.608. The number of rotatable bonds is 2. The first-order chi connectivity index (χ1) is 12.6. The highest BCUT2D eigenvalue weighted by Crippen LogP contribution is 2.52. The zero-order chi connectivity index (χ0) is 18.3. The lowest BCUT2D eigenvalue weighted by atomic mass is 9.76. The predicted molar refractivity (Wildman–Crippen MR) is 104 cm³/mol. The first-order valence-corrected chi connectivity index (χ1v) is 8.91. The second kappa shape index (κ2) is 6.15. The van der Waals surface area contributed by atoms with Gasteiger partial charge in [-0.1, -0.05) is 64.5 Å². The van der Waals surface area contributed by atoms with Gasteiger partial charge in [-0.25, -0.2) is 0 Å². The van der Waals surface area contributed by atoms with E-state index in [0.29, 0.717) is 11.5 Å². The number of nitrogens with one attached hydrogen (secondary N) is 1. The zero-order valence-electron chi connectivity index (χ0n) is 14.0. The summed E-state index contributed by atoms with van der Waals surface area (Å²) in [6.45, 7) is 0. The smallest absolute Gasteiger partial charge is 0.219 e. The Bertz CT molecular complexity index is 1070. The Balaban J connectivity index is 2.12. The van der Waals surface area contributed by atoms with Crippen LogP contribution in [0.4, 0.5) is 0 Å². The summed E-state index contributed by atoms with van der Waals surface area (Å²) in [6, 6.07) is 21.6. The molecule has 2 unspecified atom stereocenters. The van der Waals surface area contributed by atoms with E-state index in [2.05, 4.69) is 22.0 Å². The molecule has 3 aromatic carbocycles. The molecule has 0 aromatic heterocycles. The second-order valence-corrected chi connectivity index (χ2v) is 7.38. The van der Waals surface area contributed by atoms with E-state index in [0.717, 1.165) is 21.9 Å². The van der Waals surface area contributed by atoms with Crippen LogP contribution in [0.3, 0.4) is 0 Å². The normalized spacial score (nSPS) is 21.6. The van der Waals surface area contributed by atoms with Gasteiger partial charge in [0.15, 0.2) is 4.32 Å². The molecule has 0 fully saturated rings. The number of ether oxygens (including phenoxy) is 2. The van der Waals surface area contributed by atoms with Gasteiger partial charge >= 0.3 is 0 Å².